The van der Waals surface area contributed by atoms with Crippen molar-refractivity contribution in [3.8, 4) is 22.9 Å². The SMILES string of the molecule is Cc1nc2cnc3cc(F)c(-c4ccc(Oc5ncccn5)cc4Cl)cc3c2n1C1CCN(CC(N)=O)CC1. The largest absolute Gasteiger partial charge is 0.424 e. The van der Waals surface area contributed by atoms with Gasteiger partial charge in [0, 0.05) is 60.2 Å². The lowest BCUT2D eigenvalue weighted by atomic mass is 10.0. The summed E-state index contributed by atoms with van der Waals surface area (Å²) in [7, 11) is 0. The van der Waals surface area contributed by atoms with Gasteiger partial charge in [0.2, 0.25) is 5.91 Å². The van der Waals surface area contributed by atoms with E-state index in [9.17, 15) is 4.79 Å². The first-order valence-electron chi connectivity index (χ1n) is 12.6. The Balaban J connectivity index is 1.40. The maximum atomic E-state index is 15.4. The second kappa shape index (κ2) is 10.2. The highest BCUT2D eigenvalue weighted by Gasteiger charge is 2.26. The standard InChI is InChI=1S/C28H25ClFN7O2/c1-16-35-25-14-34-24-13-23(30)20(19-4-3-18(11-22(19)29)39-28-32-7-2-8-33-28)12-21(24)27(25)37(16)17-5-9-36(10-6-17)15-26(31)38/h2-4,7-8,11-14,17H,5-6,9-10,15H2,1H3,(H2,31,38). The topological polar surface area (TPSA) is 112 Å². The van der Waals surface area contributed by atoms with Gasteiger partial charge in [-0.25, -0.2) is 19.3 Å². The van der Waals surface area contributed by atoms with Crippen molar-refractivity contribution in [3.05, 3.63) is 71.7 Å². The lowest BCUT2D eigenvalue weighted by Gasteiger charge is -2.32. The maximum absolute atomic E-state index is 15.4. The van der Waals surface area contributed by atoms with Crippen LogP contribution >= 0.6 is 11.6 Å². The van der Waals surface area contributed by atoms with E-state index in [1.165, 1.54) is 6.07 Å². The number of imidazole rings is 1. The predicted octanol–water partition coefficient (Wildman–Crippen LogP) is 5.06. The summed E-state index contributed by atoms with van der Waals surface area (Å²) < 4.78 is 23.3. The number of carbonyl (C=O) groups is 1. The minimum absolute atomic E-state index is 0.179. The van der Waals surface area contributed by atoms with Gasteiger partial charge in [0.15, 0.2) is 0 Å². The van der Waals surface area contributed by atoms with Gasteiger partial charge in [-0.15, -0.1) is 0 Å². The lowest BCUT2D eigenvalue weighted by Crippen LogP contribution is -2.40. The summed E-state index contributed by atoms with van der Waals surface area (Å²) in [6.07, 6.45) is 6.53. The van der Waals surface area contributed by atoms with Crippen LogP contribution in [0.4, 0.5) is 4.39 Å². The summed E-state index contributed by atoms with van der Waals surface area (Å²) in [5.74, 6) is 0.549. The van der Waals surface area contributed by atoms with Crippen LogP contribution in [0.1, 0.15) is 24.7 Å². The molecule has 1 aliphatic rings. The number of amides is 1. The Morgan fingerprint density at radius 2 is 1.87 bits per heavy atom. The van der Waals surface area contributed by atoms with Crippen LogP contribution in [0, 0.1) is 12.7 Å². The molecule has 1 fully saturated rings. The summed E-state index contributed by atoms with van der Waals surface area (Å²) >= 11 is 6.62. The van der Waals surface area contributed by atoms with Crippen molar-refractivity contribution >= 4 is 39.4 Å². The predicted molar refractivity (Wildman–Crippen MR) is 146 cm³/mol. The number of piperidine rings is 1. The first-order valence-corrected chi connectivity index (χ1v) is 13.0. The fourth-order valence-electron chi connectivity index (χ4n) is 5.34. The van der Waals surface area contributed by atoms with Crippen LogP contribution < -0.4 is 10.5 Å². The first kappa shape index (κ1) is 25.1. The molecule has 11 heteroatoms. The zero-order valence-electron chi connectivity index (χ0n) is 21.1. The number of hydrogen-bond acceptors (Lipinski definition) is 7. The fraction of sp³-hybridized carbons (Fsp3) is 0.250. The molecular weight excluding hydrogens is 521 g/mol. The van der Waals surface area contributed by atoms with Crippen molar-refractivity contribution in [2.24, 2.45) is 5.73 Å². The number of hydrogen-bond donors (Lipinski definition) is 1. The molecule has 1 amide bonds. The van der Waals surface area contributed by atoms with Crippen molar-refractivity contribution in [1.82, 2.24) is 29.4 Å². The molecule has 0 saturated carbocycles. The number of carbonyl (C=O) groups excluding carboxylic acids is 1. The molecule has 0 bridgehead atoms. The van der Waals surface area contributed by atoms with Gasteiger partial charge in [-0.05, 0) is 44.0 Å². The van der Waals surface area contributed by atoms with E-state index < -0.39 is 5.82 Å². The van der Waals surface area contributed by atoms with Crippen molar-refractivity contribution < 1.29 is 13.9 Å². The minimum Gasteiger partial charge on any atom is -0.424 e. The van der Waals surface area contributed by atoms with Gasteiger partial charge < -0.3 is 15.0 Å². The van der Waals surface area contributed by atoms with Crippen LogP contribution in [0.2, 0.25) is 5.02 Å². The van der Waals surface area contributed by atoms with Gasteiger partial charge in [0.05, 0.1) is 28.8 Å². The average molecular weight is 546 g/mol. The Morgan fingerprint density at radius 1 is 1.10 bits per heavy atom. The molecule has 0 atom stereocenters. The molecule has 198 valence electrons. The molecule has 3 aromatic heterocycles. The fourth-order valence-corrected chi connectivity index (χ4v) is 5.62. The van der Waals surface area contributed by atoms with E-state index >= 15 is 4.39 Å². The number of aryl methyl sites for hydroxylation is 1. The number of nitrogens with two attached hydrogens (primary N) is 1. The summed E-state index contributed by atoms with van der Waals surface area (Å²) in [5, 5.41) is 1.12. The first-order chi connectivity index (χ1) is 18.9. The monoisotopic (exact) mass is 545 g/mol. The number of nitrogens with zero attached hydrogens (tertiary/aromatic N) is 6. The number of halogens is 2. The molecule has 39 heavy (non-hydrogen) atoms. The van der Waals surface area contributed by atoms with Crippen molar-refractivity contribution in [3.63, 3.8) is 0 Å². The number of primary amides is 1. The third kappa shape index (κ3) is 4.88. The Labute approximate surface area is 228 Å². The molecule has 9 nitrogen and oxygen atoms in total. The van der Waals surface area contributed by atoms with Gasteiger partial charge in [0.1, 0.15) is 22.9 Å². The summed E-state index contributed by atoms with van der Waals surface area (Å²) in [4.78, 5) is 30.8. The van der Waals surface area contributed by atoms with Crippen LogP contribution in [-0.4, -0.2) is 54.9 Å². The lowest BCUT2D eigenvalue weighted by molar-refractivity contribution is -0.119. The number of benzene rings is 2. The number of likely N-dealkylation sites (tertiary alicyclic amines) is 1. The van der Waals surface area contributed by atoms with E-state index in [1.807, 2.05) is 6.92 Å². The van der Waals surface area contributed by atoms with E-state index in [0.717, 1.165) is 48.2 Å². The molecule has 2 aromatic carbocycles. The Morgan fingerprint density at radius 3 is 2.59 bits per heavy atom. The quantitative estimate of drug-likeness (QED) is 0.317. The number of ether oxygens (including phenoxy) is 1. The molecule has 0 radical (unpaired) electrons. The molecular formula is C28H25ClFN7O2. The average Bonchev–Trinajstić information content (AvgIpc) is 3.25. The van der Waals surface area contributed by atoms with Crippen LogP contribution in [-0.2, 0) is 4.79 Å². The van der Waals surface area contributed by atoms with E-state index in [2.05, 4.69) is 24.4 Å². The second-order valence-corrected chi connectivity index (χ2v) is 10.0. The van der Waals surface area contributed by atoms with Crippen molar-refractivity contribution in [2.45, 2.75) is 25.8 Å². The second-order valence-electron chi connectivity index (χ2n) is 9.62. The molecule has 1 aliphatic heterocycles. The molecule has 1 saturated heterocycles. The van der Waals surface area contributed by atoms with Crippen LogP contribution in [0.25, 0.3) is 33.1 Å². The van der Waals surface area contributed by atoms with E-state index in [-0.39, 0.29) is 24.5 Å². The zero-order chi connectivity index (χ0) is 27.1. The number of fused-ring (bicyclic) bond motifs is 3. The minimum atomic E-state index is -0.432. The zero-order valence-corrected chi connectivity index (χ0v) is 21.9. The Hall–Kier alpha value is -4.15. The molecule has 0 unspecified atom stereocenters. The summed E-state index contributed by atoms with van der Waals surface area (Å²) in [6.45, 7) is 3.74. The molecule has 6 rings (SSSR count). The number of rotatable bonds is 6. The van der Waals surface area contributed by atoms with Crippen LogP contribution in [0.5, 0.6) is 11.8 Å². The highest BCUT2D eigenvalue weighted by molar-refractivity contribution is 6.33. The number of pyridine rings is 1. The van der Waals surface area contributed by atoms with Gasteiger partial charge in [-0.3, -0.25) is 14.7 Å². The maximum Gasteiger partial charge on any atom is 0.321 e. The third-order valence-corrected chi connectivity index (χ3v) is 7.38. The van der Waals surface area contributed by atoms with Gasteiger partial charge in [-0.1, -0.05) is 11.6 Å². The van der Waals surface area contributed by atoms with Gasteiger partial charge in [0.25, 0.3) is 0 Å². The molecule has 4 heterocycles. The highest BCUT2D eigenvalue weighted by atomic mass is 35.5. The normalized spacial score (nSPS) is 14.7. The third-order valence-electron chi connectivity index (χ3n) is 7.06. The number of aromatic nitrogens is 5. The molecule has 0 spiro atoms. The Kier molecular flexibility index (Phi) is 6.58. The van der Waals surface area contributed by atoms with Gasteiger partial charge in [-0.2, -0.15) is 0 Å². The van der Waals surface area contributed by atoms with Crippen LogP contribution in [0.3, 0.4) is 0 Å². The Bertz CT molecular complexity index is 1700. The summed E-state index contributed by atoms with van der Waals surface area (Å²) in [5.41, 5.74) is 8.45. The van der Waals surface area contributed by atoms with Gasteiger partial charge >= 0.3 is 6.01 Å². The van der Waals surface area contributed by atoms with Crippen molar-refractivity contribution in [1.29, 1.82) is 0 Å². The highest BCUT2D eigenvalue weighted by Crippen LogP contribution is 2.38. The molecule has 2 N–H and O–H groups in total. The van der Waals surface area contributed by atoms with Crippen molar-refractivity contribution in [2.75, 3.05) is 19.6 Å². The van der Waals surface area contributed by atoms with E-state index in [4.69, 9.17) is 27.1 Å². The molecule has 0 aliphatic carbocycles. The summed E-state index contributed by atoms with van der Waals surface area (Å²) in [6, 6.07) is 10.3. The van der Waals surface area contributed by atoms with E-state index in [1.54, 1.807) is 48.9 Å². The molecule has 5 aromatic rings. The van der Waals surface area contributed by atoms with E-state index in [0.29, 0.717) is 27.4 Å². The van der Waals surface area contributed by atoms with Crippen LogP contribution in [0.15, 0.2) is 55.0 Å². The smallest absolute Gasteiger partial charge is 0.321 e.